The van der Waals surface area contributed by atoms with Crippen molar-refractivity contribution in [3.05, 3.63) is 35.5 Å². The van der Waals surface area contributed by atoms with Crippen LogP contribution in [0.5, 0.6) is 0 Å². The van der Waals surface area contributed by atoms with E-state index < -0.39 is 5.91 Å². The fraction of sp³-hybridized carbons (Fsp3) is 0.111. The summed E-state index contributed by atoms with van der Waals surface area (Å²) in [6.07, 6.45) is 2.88. The van der Waals surface area contributed by atoms with Gasteiger partial charge < -0.3 is 4.42 Å². The molecular weight excluding hydrogens is 212 g/mol. The molecule has 7 nitrogen and oxygen atoms in total. The molecule has 0 bridgehead atoms. The van der Waals surface area contributed by atoms with Crippen LogP contribution in [0.2, 0.25) is 0 Å². The highest BCUT2D eigenvalue weighted by molar-refractivity contribution is 5.93. The second-order valence-corrected chi connectivity index (χ2v) is 2.91. The van der Waals surface area contributed by atoms with Gasteiger partial charge in [-0.3, -0.25) is 4.79 Å². The van der Waals surface area contributed by atoms with E-state index in [1.807, 2.05) is 0 Å². The van der Waals surface area contributed by atoms with E-state index in [0.717, 1.165) is 0 Å². The van der Waals surface area contributed by atoms with Crippen LogP contribution in [-0.4, -0.2) is 22.4 Å². The van der Waals surface area contributed by atoms with Gasteiger partial charge in [0.05, 0.1) is 12.5 Å². The van der Waals surface area contributed by atoms with Gasteiger partial charge in [-0.2, -0.15) is 5.10 Å². The number of carbonyl (C=O) groups is 1. The Morgan fingerprint density at radius 1 is 1.56 bits per heavy atom. The maximum Gasteiger partial charge on any atom is 0.295 e. The van der Waals surface area contributed by atoms with Crippen LogP contribution in [0, 0.1) is 6.92 Å². The normalized spacial score (nSPS) is 10.8. The van der Waals surface area contributed by atoms with E-state index in [0.29, 0.717) is 11.5 Å². The first-order chi connectivity index (χ1) is 7.77. The molecule has 0 atom stereocenters. The van der Waals surface area contributed by atoms with Gasteiger partial charge in [0.2, 0.25) is 0 Å². The lowest BCUT2D eigenvalue weighted by Gasteiger charge is -1.93. The Bertz CT molecular complexity index is 501. The molecule has 0 unspecified atom stereocenters. The third-order valence-corrected chi connectivity index (χ3v) is 1.77. The summed E-state index contributed by atoms with van der Waals surface area (Å²) in [5, 5.41) is 10.6. The minimum absolute atomic E-state index is 0.108. The van der Waals surface area contributed by atoms with Crippen LogP contribution in [0.1, 0.15) is 21.9 Å². The lowest BCUT2D eigenvalue weighted by molar-refractivity contribution is 0.0945. The Hall–Kier alpha value is -2.44. The van der Waals surface area contributed by atoms with Gasteiger partial charge in [0.25, 0.3) is 5.91 Å². The van der Waals surface area contributed by atoms with Gasteiger partial charge in [-0.05, 0) is 24.2 Å². The highest BCUT2D eigenvalue weighted by Crippen LogP contribution is 1.99. The van der Waals surface area contributed by atoms with Crippen molar-refractivity contribution in [1.29, 1.82) is 0 Å². The van der Waals surface area contributed by atoms with E-state index in [1.54, 1.807) is 19.1 Å². The van der Waals surface area contributed by atoms with Crippen LogP contribution in [0.3, 0.4) is 0 Å². The largest absolute Gasteiger partial charge is 0.463 e. The van der Waals surface area contributed by atoms with Crippen molar-refractivity contribution in [1.82, 2.24) is 15.7 Å². The van der Waals surface area contributed by atoms with Crippen LogP contribution in [0.25, 0.3) is 0 Å². The topological polar surface area (TPSA) is 93.5 Å². The van der Waals surface area contributed by atoms with Crippen molar-refractivity contribution in [2.75, 3.05) is 0 Å². The van der Waals surface area contributed by atoms with Gasteiger partial charge in [-0.25, -0.2) is 10.1 Å². The van der Waals surface area contributed by atoms with Crippen molar-refractivity contribution in [3.63, 3.8) is 0 Å². The summed E-state index contributed by atoms with van der Waals surface area (Å²) in [6, 6.07) is 3.42. The molecule has 0 radical (unpaired) electrons. The molecule has 0 saturated carbocycles. The first-order valence-corrected chi connectivity index (χ1v) is 4.43. The van der Waals surface area contributed by atoms with Crippen molar-refractivity contribution < 1.29 is 13.8 Å². The fourth-order valence-corrected chi connectivity index (χ4v) is 1.01. The third-order valence-electron chi connectivity index (χ3n) is 1.77. The minimum Gasteiger partial charge on any atom is -0.463 e. The maximum atomic E-state index is 11.4. The molecule has 0 aliphatic carbocycles. The molecule has 7 heteroatoms. The van der Waals surface area contributed by atoms with Crippen LogP contribution >= 0.6 is 0 Å². The number of nitrogens with zero attached hydrogens (tertiary/aromatic N) is 3. The molecule has 2 heterocycles. The summed E-state index contributed by atoms with van der Waals surface area (Å²) in [4.78, 5) is 11.4. The van der Waals surface area contributed by atoms with Gasteiger partial charge in [0, 0.05) is 0 Å². The number of furan rings is 1. The second kappa shape index (κ2) is 4.39. The number of carbonyl (C=O) groups excluding carboxylic acids is 1. The monoisotopic (exact) mass is 220 g/mol. The molecule has 0 fully saturated rings. The molecule has 2 rings (SSSR count). The average Bonchev–Trinajstić information content (AvgIpc) is 2.88. The average molecular weight is 220 g/mol. The molecule has 1 N–H and O–H groups in total. The summed E-state index contributed by atoms with van der Waals surface area (Å²) < 4.78 is 9.37. The highest BCUT2D eigenvalue weighted by Gasteiger charge is 2.13. The predicted octanol–water partition coefficient (Wildman–Crippen LogP) is 0.735. The molecule has 2 aromatic rings. The molecule has 16 heavy (non-hydrogen) atoms. The number of rotatable bonds is 3. The number of hydrogen-bond acceptors (Lipinski definition) is 6. The maximum absolute atomic E-state index is 11.4. The summed E-state index contributed by atoms with van der Waals surface area (Å²) in [7, 11) is 0. The number of aromatic nitrogens is 2. The van der Waals surface area contributed by atoms with E-state index in [-0.39, 0.29) is 5.69 Å². The molecule has 1 amide bonds. The van der Waals surface area contributed by atoms with Gasteiger partial charge in [-0.15, -0.1) is 0 Å². The Kier molecular flexibility index (Phi) is 2.77. The van der Waals surface area contributed by atoms with Crippen LogP contribution < -0.4 is 5.43 Å². The van der Waals surface area contributed by atoms with E-state index in [1.165, 1.54) is 12.5 Å². The lowest BCUT2D eigenvalue weighted by atomic mass is 10.3. The van der Waals surface area contributed by atoms with Crippen LogP contribution in [0.4, 0.5) is 0 Å². The van der Waals surface area contributed by atoms with Crippen molar-refractivity contribution in [2.45, 2.75) is 6.92 Å². The summed E-state index contributed by atoms with van der Waals surface area (Å²) in [5.41, 5.74) is 2.79. The highest BCUT2D eigenvalue weighted by atomic mass is 16.6. The van der Waals surface area contributed by atoms with Crippen molar-refractivity contribution in [2.24, 2.45) is 5.10 Å². The first-order valence-electron chi connectivity index (χ1n) is 4.43. The Labute approximate surface area is 90.1 Å². The molecule has 0 saturated heterocycles. The standard InChI is InChI=1S/C9H8N4O3/c1-6-8(13-16-12-6)9(14)11-10-5-7-3-2-4-15-7/h2-5H,1H3,(H,11,14)/b10-5-. The number of hydrazone groups is 1. The molecule has 0 aromatic carbocycles. The smallest absolute Gasteiger partial charge is 0.295 e. The zero-order valence-corrected chi connectivity index (χ0v) is 8.38. The first kappa shape index (κ1) is 10.1. The summed E-state index contributed by atoms with van der Waals surface area (Å²) in [5.74, 6) is 0.0526. The molecule has 0 aliphatic rings. The summed E-state index contributed by atoms with van der Waals surface area (Å²) in [6.45, 7) is 1.61. The van der Waals surface area contributed by atoms with Gasteiger partial charge in [0.1, 0.15) is 11.5 Å². The van der Waals surface area contributed by atoms with Crippen LogP contribution in [-0.2, 0) is 0 Å². The number of amides is 1. The van der Waals surface area contributed by atoms with E-state index in [4.69, 9.17) is 4.42 Å². The molecular formula is C9H8N4O3. The quantitative estimate of drug-likeness (QED) is 0.608. The predicted molar refractivity (Wildman–Crippen MR) is 52.8 cm³/mol. The SMILES string of the molecule is Cc1nonc1C(=O)N/N=C\c1ccco1. The zero-order valence-electron chi connectivity index (χ0n) is 8.38. The second-order valence-electron chi connectivity index (χ2n) is 2.91. The Balaban J connectivity index is 1.97. The summed E-state index contributed by atoms with van der Waals surface area (Å²) >= 11 is 0. The van der Waals surface area contributed by atoms with E-state index in [9.17, 15) is 4.79 Å². The van der Waals surface area contributed by atoms with Crippen molar-refractivity contribution >= 4 is 12.1 Å². The Morgan fingerprint density at radius 2 is 2.44 bits per heavy atom. The number of hydrogen-bond donors (Lipinski definition) is 1. The fourth-order valence-electron chi connectivity index (χ4n) is 1.01. The van der Waals surface area contributed by atoms with Gasteiger partial charge >= 0.3 is 0 Å². The number of aryl methyl sites for hydroxylation is 1. The third kappa shape index (κ3) is 2.14. The van der Waals surface area contributed by atoms with Crippen LogP contribution in [0.15, 0.2) is 32.5 Å². The number of nitrogens with one attached hydrogen (secondary N) is 1. The molecule has 0 spiro atoms. The lowest BCUT2D eigenvalue weighted by Crippen LogP contribution is -2.18. The zero-order chi connectivity index (χ0) is 11.4. The van der Waals surface area contributed by atoms with Gasteiger partial charge in [-0.1, -0.05) is 5.16 Å². The molecule has 82 valence electrons. The minimum atomic E-state index is -0.485. The van der Waals surface area contributed by atoms with E-state index >= 15 is 0 Å². The van der Waals surface area contributed by atoms with E-state index in [2.05, 4.69) is 25.5 Å². The molecule has 0 aliphatic heterocycles. The van der Waals surface area contributed by atoms with Crippen molar-refractivity contribution in [3.8, 4) is 0 Å². The Morgan fingerprint density at radius 3 is 3.06 bits per heavy atom. The van der Waals surface area contributed by atoms with Gasteiger partial charge in [0.15, 0.2) is 5.69 Å². The molecule has 2 aromatic heterocycles.